The molecule has 5 heteroatoms. The minimum atomic E-state index is 0.0132. The van der Waals surface area contributed by atoms with E-state index in [9.17, 15) is 4.79 Å². The number of aromatic amines is 1. The fourth-order valence-electron chi connectivity index (χ4n) is 4.23. The summed E-state index contributed by atoms with van der Waals surface area (Å²) in [6.45, 7) is 8.41. The molecule has 0 saturated heterocycles. The van der Waals surface area contributed by atoms with Crippen LogP contribution in [0.2, 0.25) is 0 Å². The number of fused-ring (bicyclic) bond motifs is 2. The first-order valence-electron chi connectivity index (χ1n) is 9.23. The SMILES string of the molecule is CCN(CC)C(=O)N[C@H]1C=C2c3cccc4[nH]c(C)c(c34)C[C@H]2NC1. The Morgan fingerprint density at radius 1 is 1.32 bits per heavy atom. The zero-order valence-electron chi connectivity index (χ0n) is 15.1. The van der Waals surface area contributed by atoms with Gasteiger partial charge in [-0.15, -0.1) is 0 Å². The van der Waals surface area contributed by atoms with Crippen LogP contribution < -0.4 is 10.6 Å². The molecule has 132 valence electrons. The molecule has 0 radical (unpaired) electrons. The average Bonchev–Trinajstić information content (AvgIpc) is 2.93. The number of H-pyrrole nitrogens is 1. The Bertz CT molecular complexity index is 847. The zero-order chi connectivity index (χ0) is 17.6. The van der Waals surface area contributed by atoms with Crippen LogP contribution in [-0.4, -0.2) is 47.6 Å². The standard InChI is InChI=1S/C20H26N4O/c1-4-24(5-2)20(25)23-13-9-16-14-7-6-8-17-19(14)15(12(3)22-17)10-18(16)21-11-13/h6-9,13,18,21-22H,4-5,10-11H2,1-3H3,(H,23,25)/t13-,18+/m0/s1. The molecule has 0 unspecified atom stereocenters. The van der Waals surface area contributed by atoms with Gasteiger partial charge in [0.1, 0.15) is 0 Å². The number of hydrogen-bond donors (Lipinski definition) is 3. The molecule has 1 aromatic heterocycles. The number of aryl methyl sites for hydroxylation is 1. The van der Waals surface area contributed by atoms with E-state index in [0.717, 1.165) is 26.1 Å². The van der Waals surface area contributed by atoms with Crippen molar-refractivity contribution in [3.05, 3.63) is 41.1 Å². The molecule has 2 atom stereocenters. The lowest BCUT2D eigenvalue weighted by Crippen LogP contribution is -2.52. The smallest absolute Gasteiger partial charge is 0.317 e. The first-order chi connectivity index (χ1) is 12.1. The molecular weight excluding hydrogens is 312 g/mol. The monoisotopic (exact) mass is 338 g/mol. The quantitative estimate of drug-likeness (QED) is 0.806. The second-order valence-electron chi connectivity index (χ2n) is 6.97. The van der Waals surface area contributed by atoms with Gasteiger partial charge in [-0.3, -0.25) is 0 Å². The van der Waals surface area contributed by atoms with E-state index in [1.165, 1.54) is 33.3 Å². The molecule has 5 nitrogen and oxygen atoms in total. The van der Waals surface area contributed by atoms with Crippen molar-refractivity contribution < 1.29 is 4.79 Å². The van der Waals surface area contributed by atoms with Crippen molar-refractivity contribution in [2.45, 2.75) is 39.3 Å². The van der Waals surface area contributed by atoms with E-state index in [2.05, 4.69) is 46.8 Å². The number of carbonyl (C=O) groups excluding carboxylic acids is 1. The summed E-state index contributed by atoms with van der Waals surface area (Å²) in [5.41, 5.74) is 6.50. The van der Waals surface area contributed by atoms with Crippen molar-refractivity contribution in [1.82, 2.24) is 20.5 Å². The minimum absolute atomic E-state index is 0.0132. The Balaban J connectivity index is 1.68. The summed E-state index contributed by atoms with van der Waals surface area (Å²) in [5.74, 6) is 0. The maximum atomic E-state index is 12.4. The molecule has 2 amide bonds. The van der Waals surface area contributed by atoms with Crippen molar-refractivity contribution in [3.63, 3.8) is 0 Å². The average molecular weight is 338 g/mol. The summed E-state index contributed by atoms with van der Waals surface area (Å²) in [7, 11) is 0. The largest absolute Gasteiger partial charge is 0.358 e. The van der Waals surface area contributed by atoms with E-state index in [1.54, 1.807) is 0 Å². The third-order valence-electron chi connectivity index (χ3n) is 5.56. The van der Waals surface area contributed by atoms with Crippen LogP contribution in [0.3, 0.4) is 0 Å². The molecule has 0 fully saturated rings. The second kappa shape index (κ2) is 6.23. The summed E-state index contributed by atoms with van der Waals surface area (Å²) in [6.07, 6.45) is 3.26. The van der Waals surface area contributed by atoms with E-state index in [-0.39, 0.29) is 12.1 Å². The number of hydrogen-bond acceptors (Lipinski definition) is 2. The maximum absolute atomic E-state index is 12.4. The minimum Gasteiger partial charge on any atom is -0.358 e. The Kier molecular flexibility index (Phi) is 4.04. The molecule has 2 aromatic rings. The van der Waals surface area contributed by atoms with Gasteiger partial charge in [-0.1, -0.05) is 18.2 Å². The molecular formula is C20H26N4O. The van der Waals surface area contributed by atoms with Crippen molar-refractivity contribution in [2.24, 2.45) is 0 Å². The van der Waals surface area contributed by atoms with Crippen molar-refractivity contribution in [1.29, 1.82) is 0 Å². The number of urea groups is 1. The van der Waals surface area contributed by atoms with Crippen molar-refractivity contribution in [2.75, 3.05) is 19.6 Å². The lowest BCUT2D eigenvalue weighted by Gasteiger charge is -2.35. The molecule has 0 saturated carbocycles. The number of amides is 2. The van der Waals surface area contributed by atoms with Gasteiger partial charge in [-0.05, 0) is 50.0 Å². The predicted octanol–water partition coefficient (Wildman–Crippen LogP) is 2.81. The molecule has 3 N–H and O–H groups in total. The van der Waals surface area contributed by atoms with Gasteiger partial charge < -0.3 is 20.5 Å². The highest BCUT2D eigenvalue weighted by atomic mass is 16.2. The number of carbonyl (C=O) groups is 1. The van der Waals surface area contributed by atoms with Crippen molar-refractivity contribution >= 4 is 22.5 Å². The third kappa shape index (κ3) is 2.63. The van der Waals surface area contributed by atoms with Crippen LogP contribution in [0.4, 0.5) is 4.79 Å². The number of aromatic nitrogens is 1. The summed E-state index contributed by atoms with van der Waals surface area (Å²) >= 11 is 0. The molecule has 0 bridgehead atoms. The predicted molar refractivity (Wildman–Crippen MR) is 102 cm³/mol. The normalized spacial score (nSPS) is 21.6. The molecule has 2 aliphatic rings. The Hall–Kier alpha value is -2.27. The molecule has 2 heterocycles. The van der Waals surface area contributed by atoms with E-state index in [4.69, 9.17) is 0 Å². The van der Waals surface area contributed by atoms with Gasteiger partial charge in [0, 0.05) is 42.3 Å². The lowest BCUT2D eigenvalue weighted by atomic mass is 9.81. The molecule has 0 spiro atoms. The summed E-state index contributed by atoms with van der Waals surface area (Å²) in [5, 5.41) is 8.14. The van der Waals surface area contributed by atoms with Crippen LogP contribution in [-0.2, 0) is 6.42 Å². The van der Waals surface area contributed by atoms with Crippen molar-refractivity contribution in [3.8, 4) is 0 Å². The number of rotatable bonds is 3. The van der Waals surface area contributed by atoms with E-state index < -0.39 is 0 Å². The van der Waals surface area contributed by atoms with Gasteiger partial charge in [0.05, 0.1) is 6.04 Å². The first kappa shape index (κ1) is 16.2. The number of benzene rings is 1. The second-order valence-corrected chi connectivity index (χ2v) is 6.97. The van der Waals surface area contributed by atoms with Gasteiger partial charge in [-0.2, -0.15) is 0 Å². The first-order valence-corrected chi connectivity index (χ1v) is 9.23. The molecule has 1 aliphatic heterocycles. The fraction of sp³-hybridized carbons (Fsp3) is 0.450. The lowest BCUT2D eigenvalue weighted by molar-refractivity contribution is 0.200. The van der Waals surface area contributed by atoms with Crippen LogP contribution >= 0.6 is 0 Å². The van der Waals surface area contributed by atoms with Gasteiger partial charge in [-0.25, -0.2) is 4.79 Å². The summed E-state index contributed by atoms with van der Waals surface area (Å²) < 4.78 is 0. The van der Waals surface area contributed by atoms with Gasteiger partial charge in [0.15, 0.2) is 0 Å². The summed E-state index contributed by atoms with van der Waals surface area (Å²) in [6, 6.07) is 6.82. The highest BCUT2D eigenvalue weighted by molar-refractivity contribution is 5.99. The van der Waals surface area contributed by atoms with Crippen LogP contribution in [0.1, 0.15) is 30.7 Å². The van der Waals surface area contributed by atoms with Gasteiger partial charge >= 0.3 is 6.03 Å². The van der Waals surface area contributed by atoms with Crippen LogP contribution in [0.25, 0.3) is 16.5 Å². The zero-order valence-corrected chi connectivity index (χ0v) is 15.1. The molecule has 1 aromatic carbocycles. The van der Waals surface area contributed by atoms with E-state index in [1.807, 2.05) is 18.7 Å². The van der Waals surface area contributed by atoms with Gasteiger partial charge in [0.2, 0.25) is 0 Å². The Labute approximate surface area is 148 Å². The fourth-order valence-corrected chi connectivity index (χ4v) is 4.23. The Morgan fingerprint density at radius 2 is 2.12 bits per heavy atom. The molecule has 1 aliphatic carbocycles. The molecule has 25 heavy (non-hydrogen) atoms. The number of nitrogens with one attached hydrogen (secondary N) is 3. The third-order valence-corrected chi connectivity index (χ3v) is 5.56. The van der Waals surface area contributed by atoms with Gasteiger partial charge in [0.25, 0.3) is 0 Å². The van der Waals surface area contributed by atoms with Crippen LogP contribution in [0.15, 0.2) is 24.3 Å². The highest BCUT2D eigenvalue weighted by Gasteiger charge is 2.31. The number of nitrogens with zero attached hydrogens (tertiary/aromatic N) is 1. The van der Waals surface area contributed by atoms with E-state index >= 15 is 0 Å². The van der Waals surface area contributed by atoms with E-state index in [0.29, 0.717) is 6.04 Å². The summed E-state index contributed by atoms with van der Waals surface area (Å²) in [4.78, 5) is 17.7. The maximum Gasteiger partial charge on any atom is 0.317 e. The topological polar surface area (TPSA) is 60.2 Å². The van der Waals surface area contributed by atoms with Crippen LogP contribution in [0, 0.1) is 6.92 Å². The van der Waals surface area contributed by atoms with Crippen LogP contribution in [0.5, 0.6) is 0 Å². The molecule has 4 rings (SSSR count). The highest BCUT2D eigenvalue weighted by Crippen LogP contribution is 2.39. The Morgan fingerprint density at radius 3 is 2.88 bits per heavy atom.